The molecule has 5 aromatic rings. The van der Waals surface area contributed by atoms with Gasteiger partial charge in [0.1, 0.15) is 0 Å². The van der Waals surface area contributed by atoms with Crippen LogP contribution in [0.1, 0.15) is 24.0 Å². The molecule has 0 saturated heterocycles. The first-order chi connectivity index (χ1) is 17.8. The Morgan fingerprint density at radius 2 is 1.47 bits per heavy atom. The van der Waals surface area contributed by atoms with Gasteiger partial charge in [-0.25, -0.2) is 0 Å². The van der Waals surface area contributed by atoms with Gasteiger partial charge in [0.25, 0.3) is 0 Å². The topological polar surface area (TPSA) is 25.8 Å². The molecule has 0 aliphatic carbocycles. The van der Waals surface area contributed by atoms with Crippen LogP contribution in [0, 0.1) is 17.9 Å². The molecular formula is C33H31FIrN2Si-2. The third-order valence-corrected chi connectivity index (χ3v) is 8.27. The maximum atomic E-state index is 12.8. The molecule has 0 aliphatic rings. The molecule has 0 spiro atoms. The van der Waals surface area contributed by atoms with Gasteiger partial charge in [0, 0.05) is 38.3 Å². The normalized spacial score (nSPS) is 11.5. The predicted molar refractivity (Wildman–Crippen MR) is 154 cm³/mol. The number of halogens is 1. The average Bonchev–Trinajstić information content (AvgIpc) is 2.94. The summed E-state index contributed by atoms with van der Waals surface area (Å²) in [5.74, 6) is 0.0979. The Balaban J connectivity index is 0.000000208. The molecule has 1 atom stereocenters. The van der Waals surface area contributed by atoms with E-state index in [0.29, 0.717) is 5.92 Å². The minimum Gasteiger partial charge on any atom is -0.305 e. The van der Waals surface area contributed by atoms with Gasteiger partial charge in [-0.1, -0.05) is 81.2 Å². The van der Waals surface area contributed by atoms with Gasteiger partial charge >= 0.3 is 0 Å². The Kier molecular flexibility index (Phi) is 10.4. The number of hydrogen-bond donors (Lipinski definition) is 0. The SMILES string of the molecule is CC(c1ccccc1)c1cc[c-]c(-c2ccccn2)c1.C[Si](C)(C)c1ccc(-c2[c-]cc(F)cc2)nc1.[Ir]. The molecular weight excluding hydrogens is 664 g/mol. The third-order valence-electron chi connectivity index (χ3n) is 6.25. The molecule has 2 heterocycles. The molecule has 1 radical (unpaired) electrons. The Labute approximate surface area is 240 Å². The van der Waals surface area contributed by atoms with Gasteiger partial charge < -0.3 is 9.97 Å². The van der Waals surface area contributed by atoms with Gasteiger partial charge in [0.05, 0.1) is 8.07 Å². The summed E-state index contributed by atoms with van der Waals surface area (Å²) in [5.41, 5.74) is 6.29. The van der Waals surface area contributed by atoms with Crippen LogP contribution < -0.4 is 5.19 Å². The van der Waals surface area contributed by atoms with Crippen LogP contribution in [-0.2, 0) is 20.1 Å². The first kappa shape index (κ1) is 29.3. The molecule has 0 saturated carbocycles. The fraction of sp³-hybridized carbons (Fsp3) is 0.152. The number of rotatable bonds is 5. The molecule has 3 aromatic carbocycles. The molecule has 38 heavy (non-hydrogen) atoms. The van der Waals surface area contributed by atoms with Crippen molar-refractivity contribution in [2.75, 3.05) is 0 Å². The van der Waals surface area contributed by atoms with E-state index in [1.54, 1.807) is 6.07 Å². The minimum absolute atomic E-state index is 0. The molecule has 1 unspecified atom stereocenters. The Bertz CT molecular complexity index is 1400. The van der Waals surface area contributed by atoms with Crippen LogP contribution in [0.4, 0.5) is 4.39 Å². The van der Waals surface area contributed by atoms with Crippen molar-refractivity contribution in [3.63, 3.8) is 0 Å². The summed E-state index contributed by atoms with van der Waals surface area (Å²) in [6, 6.07) is 37.5. The fourth-order valence-electron chi connectivity index (χ4n) is 3.92. The van der Waals surface area contributed by atoms with Crippen molar-refractivity contribution in [1.82, 2.24) is 9.97 Å². The summed E-state index contributed by atoms with van der Waals surface area (Å²) in [4.78, 5) is 8.82. The predicted octanol–water partition coefficient (Wildman–Crippen LogP) is 7.93. The van der Waals surface area contributed by atoms with E-state index in [-0.39, 0.29) is 25.9 Å². The standard InChI is InChI=1S/C19H16N.C14H15FNSi.Ir/c1-15(16-8-3-2-4-9-16)17-10-7-11-18(14-17)19-12-5-6-13-20-19;1-17(2,3)13-8-9-14(16-10-13)11-4-6-12(15)7-5-11;/h2-10,12-15H,1H3;4,6-10H,1-3H3;/q2*-1;. The van der Waals surface area contributed by atoms with Crippen LogP contribution in [0.15, 0.2) is 109 Å². The van der Waals surface area contributed by atoms with Crippen LogP contribution >= 0.6 is 0 Å². The molecule has 195 valence electrons. The van der Waals surface area contributed by atoms with E-state index in [9.17, 15) is 4.39 Å². The number of aromatic nitrogens is 2. The van der Waals surface area contributed by atoms with Crippen molar-refractivity contribution in [2.45, 2.75) is 32.5 Å². The van der Waals surface area contributed by atoms with Crippen LogP contribution in [0.3, 0.4) is 0 Å². The minimum atomic E-state index is -1.30. The molecule has 5 heteroatoms. The van der Waals surface area contributed by atoms with Gasteiger partial charge in [-0.2, -0.15) is 0 Å². The van der Waals surface area contributed by atoms with Gasteiger partial charge in [-0.3, -0.25) is 4.39 Å². The molecule has 0 fully saturated rings. The fourth-order valence-corrected chi connectivity index (χ4v) is 4.95. The van der Waals surface area contributed by atoms with Crippen molar-refractivity contribution in [2.24, 2.45) is 0 Å². The average molecular weight is 695 g/mol. The van der Waals surface area contributed by atoms with E-state index >= 15 is 0 Å². The summed E-state index contributed by atoms with van der Waals surface area (Å²) >= 11 is 0. The van der Waals surface area contributed by atoms with Crippen LogP contribution in [-0.4, -0.2) is 18.0 Å². The quantitative estimate of drug-likeness (QED) is 0.138. The molecule has 0 aliphatic heterocycles. The molecule has 2 aromatic heterocycles. The first-order valence-corrected chi connectivity index (χ1v) is 15.9. The largest absolute Gasteiger partial charge is 0.305 e. The Morgan fingerprint density at radius 3 is 2.08 bits per heavy atom. The van der Waals surface area contributed by atoms with Crippen LogP contribution in [0.5, 0.6) is 0 Å². The summed E-state index contributed by atoms with van der Waals surface area (Å²) in [5, 5.41) is 1.32. The van der Waals surface area contributed by atoms with E-state index in [2.05, 4.69) is 91.1 Å². The van der Waals surface area contributed by atoms with E-state index in [4.69, 9.17) is 0 Å². The van der Waals surface area contributed by atoms with Crippen LogP contribution in [0.2, 0.25) is 19.6 Å². The molecule has 0 N–H and O–H groups in total. The smallest absolute Gasteiger partial charge is 0.0795 e. The molecule has 0 bridgehead atoms. The van der Waals surface area contributed by atoms with Gasteiger partial charge in [-0.15, -0.1) is 65.2 Å². The van der Waals surface area contributed by atoms with E-state index < -0.39 is 8.07 Å². The molecule has 5 rings (SSSR count). The van der Waals surface area contributed by atoms with Gasteiger partial charge in [0.15, 0.2) is 0 Å². The van der Waals surface area contributed by atoms with Crippen molar-refractivity contribution < 1.29 is 24.5 Å². The maximum absolute atomic E-state index is 12.8. The van der Waals surface area contributed by atoms with Crippen molar-refractivity contribution in [3.8, 4) is 22.5 Å². The Hall–Kier alpha value is -3.24. The number of hydrogen-bond acceptors (Lipinski definition) is 2. The summed E-state index contributed by atoms with van der Waals surface area (Å²) in [6.45, 7) is 9.09. The monoisotopic (exact) mass is 695 g/mol. The second-order valence-corrected chi connectivity index (χ2v) is 15.1. The number of pyridine rings is 2. The zero-order valence-corrected chi connectivity index (χ0v) is 25.5. The first-order valence-electron chi connectivity index (χ1n) is 12.4. The molecule has 2 nitrogen and oxygen atoms in total. The number of benzene rings is 3. The van der Waals surface area contributed by atoms with Crippen LogP contribution in [0.25, 0.3) is 22.5 Å². The van der Waals surface area contributed by atoms with E-state index in [1.807, 2.05) is 48.8 Å². The van der Waals surface area contributed by atoms with E-state index in [0.717, 1.165) is 22.5 Å². The third kappa shape index (κ3) is 7.88. The molecule has 0 amide bonds. The summed E-state index contributed by atoms with van der Waals surface area (Å²) in [6.07, 6.45) is 3.75. The number of nitrogens with zero attached hydrogens (tertiary/aromatic N) is 2. The second-order valence-electron chi connectivity index (χ2n) is 9.99. The Morgan fingerprint density at radius 1 is 0.737 bits per heavy atom. The van der Waals surface area contributed by atoms with Crippen molar-refractivity contribution in [3.05, 3.63) is 139 Å². The summed E-state index contributed by atoms with van der Waals surface area (Å²) in [7, 11) is -1.30. The van der Waals surface area contributed by atoms with Gasteiger partial charge in [0.2, 0.25) is 0 Å². The summed E-state index contributed by atoms with van der Waals surface area (Å²) < 4.78 is 12.8. The van der Waals surface area contributed by atoms with Crippen molar-refractivity contribution >= 4 is 13.3 Å². The second kappa shape index (κ2) is 13.5. The maximum Gasteiger partial charge on any atom is 0.0795 e. The zero-order valence-electron chi connectivity index (χ0n) is 22.1. The zero-order chi connectivity index (χ0) is 26.3. The van der Waals surface area contributed by atoms with Crippen molar-refractivity contribution in [1.29, 1.82) is 0 Å². The van der Waals surface area contributed by atoms with Gasteiger partial charge in [-0.05, 0) is 34.1 Å². The van der Waals surface area contributed by atoms with E-state index in [1.165, 1.54) is 28.4 Å².